The van der Waals surface area contributed by atoms with Gasteiger partial charge < -0.3 is 5.73 Å². The Labute approximate surface area is 126 Å². The van der Waals surface area contributed by atoms with Crippen molar-refractivity contribution in [2.75, 3.05) is 10.5 Å². The van der Waals surface area contributed by atoms with Gasteiger partial charge in [-0.3, -0.25) is 4.72 Å². The predicted octanol–water partition coefficient (Wildman–Crippen LogP) is 2.31. The SMILES string of the molecule is Nc1cccc(CS(=O)(=O)Nc2c(Cl)ncnc2Cl)c1. The van der Waals surface area contributed by atoms with Crippen molar-refractivity contribution in [3.8, 4) is 0 Å². The van der Waals surface area contributed by atoms with Gasteiger partial charge in [-0.05, 0) is 17.7 Å². The maximum absolute atomic E-state index is 12.1. The van der Waals surface area contributed by atoms with Crippen LogP contribution in [0.4, 0.5) is 11.4 Å². The molecule has 0 atom stereocenters. The third-order valence-corrected chi connectivity index (χ3v) is 4.12. The molecule has 6 nitrogen and oxygen atoms in total. The van der Waals surface area contributed by atoms with Crippen LogP contribution in [0.3, 0.4) is 0 Å². The zero-order valence-corrected chi connectivity index (χ0v) is 12.4. The molecule has 1 aromatic carbocycles. The van der Waals surface area contributed by atoms with Crippen LogP contribution in [-0.2, 0) is 15.8 Å². The summed E-state index contributed by atoms with van der Waals surface area (Å²) >= 11 is 11.6. The highest BCUT2D eigenvalue weighted by Crippen LogP contribution is 2.27. The summed E-state index contributed by atoms with van der Waals surface area (Å²) in [5.74, 6) is -0.264. The van der Waals surface area contributed by atoms with Crippen LogP contribution in [-0.4, -0.2) is 18.4 Å². The van der Waals surface area contributed by atoms with E-state index in [1.807, 2.05) is 0 Å². The van der Waals surface area contributed by atoms with Gasteiger partial charge in [-0.1, -0.05) is 35.3 Å². The number of aromatic nitrogens is 2. The van der Waals surface area contributed by atoms with Crippen LogP contribution in [0.1, 0.15) is 5.56 Å². The van der Waals surface area contributed by atoms with E-state index in [4.69, 9.17) is 28.9 Å². The van der Waals surface area contributed by atoms with Crippen molar-refractivity contribution in [3.63, 3.8) is 0 Å². The lowest BCUT2D eigenvalue weighted by molar-refractivity contribution is 0.600. The average molecular weight is 333 g/mol. The molecule has 0 radical (unpaired) electrons. The van der Waals surface area contributed by atoms with Crippen molar-refractivity contribution in [1.29, 1.82) is 0 Å². The number of hydrogen-bond acceptors (Lipinski definition) is 5. The maximum atomic E-state index is 12.1. The van der Waals surface area contributed by atoms with Crippen molar-refractivity contribution in [3.05, 3.63) is 46.5 Å². The fourth-order valence-corrected chi connectivity index (χ4v) is 3.24. The van der Waals surface area contributed by atoms with Gasteiger partial charge in [-0.2, -0.15) is 0 Å². The number of nitrogen functional groups attached to an aromatic ring is 1. The molecule has 1 aromatic heterocycles. The second kappa shape index (κ2) is 5.82. The van der Waals surface area contributed by atoms with Crippen LogP contribution in [0.25, 0.3) is 0 Å². The van der Waals surface area contributed by atoms with Gasteiger partial charge in [0.25, 0.3) is 0 Å². The fraction of sp³-hybridized carbons (Fsp3) is 0.0909. The first kappa shape index (κ1) is 14.8. The van der Waals surface area contributed by atoms with Gasteiger partial charge in [-0.25, -0.2) is 18.4 Å². The monoisotopic (exact) mass is 332 g/mol. The summed E-state index contributed by atoms with van der Waals surface area (Å²) in [6, 6.07) is 6.57. The third kappa shape index (κ3) is 3.72. The van der Waals surface area contributed by atoms with Crippen molar-refractivity contribution >= 4 is 44.6 Å². The highest BCUT2D eigenvalue weighted by Gasteiger charge is 2.17. The Morgan fingerprint density at radius 1 is 1.20 bits per heavy atom. The highest BCUT2D eigenvalue weighted by atomic mass is 35.5. The number of nitrogens with two attached hydrogens (primary N) is 1. The Bertz CT molecular complexity index is 717. The lowest BCUT2D eigenvalue weighted by Crippen LogP contribution is -2.16. The van der Waals surface area contributed by atoms with Gasteiger partial charge in [0.15, 0.2) is 10.3 Å². The molecule has 0 aliphatic rings. The summed E-state index contributed by atoms with van der Waals surface area (Å²) in [5, 5.41) is -0.137. The van der Waals surface area contributed by atoms with Crippen LogP contribution >= 0.6 is 23.2 Å². The van der Waals surface area contributed by atoms with E-state index >= 15 is 0 Å². The van der Waals surface area contributed by atoms with Crippen LogP contribution in [0.15, 0.2) is 30.6 Å². The summed E-state index contributed by atoms with van der Waals surface area (Å²) in [6.45, 7) is 0. The molecule has 0 fully saturated rings. The number of hydrogen-bond donors (Lipinski definition) is 2. The molecule has 20 heavy (non-hydrogen) atoms. The molecule has 0 bridgehead atoms. The lowest BCUT2D eigenvalue weighted by atomic mass is 10.2. The van der Waals surface area contributed by atoms with E-state index in [0.29, 0.717) is 11.3 Å². The molecule has 0 unspecified atom stereocenters. The van der Waals surface area contributed by atoms with E-state index in [2.05, 4.69) is 14.7 Å². The minimum absolute atomic E-state index is 0.0419. The maximum Gasteiger partial charge on any atom is 0.237 e. The van der Waals surface area contributed by atoms with Crippen LogP contribution in [0.2, 0.25) is 10.3 Å². The Hall–Kier alpha value is -1.57. The molecule has 0 aliphatic carbocycles. The summed E-state index contributed by atoms with van der Waals surface area (Å²) in [7, 11) is -3.70. The molecule has 9 heteroatoms. The molecule has 0 saturated heterocycles. The summed E-state index contributed by atoms with van der Waals surface area (Å²) in [4.78, 5) is 7.34. The average Bonchev–Trinajstić information content (AvgIpc) is 2.33. The quantitative estimate of drug-likeness (QED) is 0.661. The zero-order valence-electron chi connectivity index (χ0n) is 10.0. The highest BCUT2D eigenvalue weighted by molar-refractivity contribution is 7.91. The van der Waals surface area contributed by atoms with E-state index in [9.17, 15) is 8.42 Å². The Morgan fingerprint density at radius 3 is 2.45 bits per heavy atom. The molecule has 0 saturated carbocycles. The topological polar surface area (TPSA) is 98.0 Å². The first-order valence-corrected chi connectivity index (χ1v) is 7.79. The standard InChI is InChI=1S/C11H10Cl2N4O2S/c12-10-9(11(13)16-6-15-10)17-20(18,19)5-7-2-1-3-8(14)4-7/h1-4,6,17H,5,14H2. The second-order valence-electron chi connectivity index (χ2n) is 3.94. The smallest absolute Gasteiger partial charge is 0.237 e. The first-order valence-electron chi connectivity index (χ1n) is 5.38. The first-order chi connectivity index (χ1) is 9.37. The van der Waals surface area contributed by atoms with Crippen molar-refractivity contribution < 1.29 is 8.42 Å². The van der Waals surface area contributed by atoms with Gasteiger partial charge in [0.1, 0.15) is 12.0 Å². The Balaban J connectivity index is 2.24. The molecule has 0 amide bonds. The van der Waals surface area contributed by atoms with Crippen LogP contribution < -0.4 is 10.5 Å². The number of anilines is 2. The van der Waals surface area contributed by atoms with Crippen LogP contribution in [0, 0.1) is 0 Å². The van der Waals surface area contributed by atoms with Gasteiger partial charge in [0, 0.05) is 5.69 Å². The molecular formula is C11H10Cl2N4O2S. The van der Waals surface area contributed by atoms with Gasteiger partial charge in [-0.15, -0.1) is 0 Å². The minimum Gasteiger partial charge on any atom is -0.399 e. The minimum atomic E-state index is -3.70. The normalized spacial score (nSPS) is 11.3. The number of nitrogens with one attached hydrogen (secondary N) is 1. The van der Waals surface area contributed by atoms with E-state index in [1.54, 1.807) is 24.3 Å². The van der Waals surface area contributed by atoms with E-state index < -0.39 is 10.0 Å². The molecule has 2 rings (SSSR count). The Morgan fingerprint density at radius 2 is 1.85 bits per heavy atom. The lowest BCUT2D eigenvalue weighted by Gasteiger charge is -2.10. The van der Waals surface area contributed by atoms with Crippen LogP contribution in [0.5, 0.6) is 0 Å². The largest absolute Gasteiger partial charge is 0.399 e. The number of nitrogens with zero attached hydrogens (tertiary/aromatic N) is 2. The number of rotatable bonds is 4. The predicted molar refractivity (Wildman–Crippen MR) is 79.2 cm³/mol. The van der Waals surface area contributed by atoms with Crippen molar-refractivity contribution in [1.82, 2.24) is 9.97 Å². The summed E-state index contributed by atoms with van der Waals surface area (Å²) in [5.41, 5.74) is 6.59. The fourth-order valence-electron chi connectivity index (χ4n) is 1.52. The molecule has 0 spiro atoms. The molecule has 0 aliphatic heterocycles. The molecule has 106 valence electrons. The molecule has 1 heterocycles. The summed E-state index contributed by atoms with van der Waals surface area (Å²) in [6.07, 6.45) is 1.14. The Kier molecular flexibility index (Phi) is 4.32. The van der Waals surface area contributed by atoms with Gasteiger partial charge >= 0.3 is 0 Å². The number of sulfonamides is 1. The van der Waals surface area contributed by atoms with Gasteiger partial charge in [0.2, 0.25) is 10.0 Å². The number of benzene rings is 1. The molecule has 3 N–H and O–H groups in total. The number of halogens is 2. The third-order valence-electron chi connectivity index (χ3n) is 2.32. The second-order valence-corrected chi connectivity index (χ2v) is 6.37. The van der Waals surface area contributed by atoms with Crippen molar-refractivity contribution in [2.45, 2.75) is 5.75 Å². The summed E-state index contributed by atoms with van der Waals surface area (Å²) < 4.78 is 26.4. The zero-order chi connectivity index (χ0) is 14.8. The molecule has 2 aromatic rings. The molecular weight excluding hydrogens is 323 g/mol. The van der Waals surface area contributed by atoms with Gasteiger partial charge in [0.05, 0.1) is 5.75 Å². The van der Waals surface area contributed by atoms with E-state index in [0.717, 1.165) is 6.33 Å². The van der Waals surface area contributed by atoms with E-state index in [1.165, 1.54) is 0 Å². The van der Waals surface area contributed by atoms with Crippen molar-refractivity contribution in [2.24, 2.45) is 0 Å². The van der Waals surface area contributed by atoms with E-state index in [-0.39, 0.29) is 21.7 Å².